The molecule has 0 spiro atoms. The first-order valence-electron chi connectivity index (χ1n) is 14.3. The van der Waals surface area contributed by atoms with Crippen LogP contribution in [0.2, 0.25) is 0 Å². The molecule has 0 heterocycles. The number of hydrogen-bond acceptors (Lipinski definition) is 3. The zero-order valence-electron chi connectivity index (χ0n) is 24.1. The van der Waals surface area contributed by atoms with Crippen LogP contribution in [0.3, 0.4) is 0 Å². The molecule has 1 unspecified atom stereocenters. The van der Waals surface area contributed by atoms with Gasteiger partial charge in [-0.25, -0.2) is 0 Å². The van der Waals surface area contributed by atoms with E-state index >= 15 is 9.13 Å². The Hall–Kier alpha value is -4.42. The summed E-state index contributed by atoms with van der Waals surface area (Å²) in [5.41, 5.74) is 0. The molecule has 5 rings (SSSR count). The minimum Gasteiger partial charge on any atom is -0.456 e. The van der Waals surface area contributed by atoms with Gasteiger partial charge >= 0.3 is 0 Å². The molecule has 0 amide bonds. The van der Waals surface area contributed by atoms with Gasteiger partial charge in [0.1, 0.15) is 11.5 Å². The van der Waals surface area contributed by atoms with Crippen molar-refractivity contribution in [3.05, 3.63) is 176 Å². The molecular weight excluding hydrogens is 566 g/mol. The molecule has 43 heavy (non-hydrogen) atoms. The smallest absolute Gasteiger partial charge is 0.174 e. The summed E-state index contributed by atoms with van der Waals surface area (Å²) in [4.78, 5) is 0. The zero-order valence-corrected chi connectivity index (χ0v) is 25.9. The molecular formula is C38H34O3P2. The van der Waals surface area contributed by atoms with Crippen LogP contribution >= 0.6 is 14.3 Å². The van der Waals surface area contributed by atoms with Crippen LogP contribution in [0.1, 0.15) is 13.3 Å². The van der Waals surface area contributed by atoms with E-state index in [9.17, 15) is 0 Å². The second-order valence-corrected chi connectivity index (χ2v) is 15.4. The summed E-state index contributed by atoms with van der Waals surface area (Å²) in [5, 5.41) is 3.89. The minimum absolute atomic E-state index is 0.440. The van der Waals surface area contributed by atoms with Crippen LogP contribution in [0.5, 0.6) is 11.5 Å². The Balaban J connectivity index is 1.72. The largest absolute Gasteiger partial charge is 0.456 e. The fraction of sp³-hybridized carbons (Fsp3) is 0.0526. The molecule has 0 N–H and O–H groups in total. The molecule has 3 nitrogen and oxygen atoms in total. The first-order valence-corrected chi connectivity index (χ1v) is 17.7. The number of benzene rings is 5. The third-order valence-corrected chi connectivity index (χ3v) is 13.4. The molecule has 0 saturated carbocycles. The normalized spacial score (nSPS) is 13.4. The van der Waals surface area contributed by atoms with Gasteiger partial charge in [-0.05, 0) is 30.7 Å². The van der Waals surface area contributed by atoms with Crippen molar-refractivity contribution in [2.45, 2.75) is 13.3 Å². The summed E-state index contributed by atoms with van der Waals surface area (Å²) in [6.45, 7) is 5.95. The molecule has 0 bridgehead atoms. The second kappa shape index (κ2) is 13.7. The molecule has 0 aliphatic rings. The lowest BCUT2D eigenvalue weighted by Crippen LogP contribution is -2.26. The summed E-state index contributed by atoms with van der Waals surface area (Å²) in [7, 11) is -6.76. The van der Waals surface area contributed by atoms with Crippen LogP contribution in [-0.4, -0.2) is 0 Å². The molecule has 0 saturated heterocycles. The number of allylic oxidation sites excluding steroid dienone is 5. The van der Waals surface area contributed by atoms with Crippen LogP contribution in [0.25, 0.3) is 0 Å². The summed E-state index contributed by atoms with van der Waals surface area (Å²) >= 11 is 0. The fourth-order valence-electron chi connectivity index (χ4n) is 5.12. The van der Waals surface area contributed by atoms with E-state index in [1.807, 2.05) is 165 Å². The monoisotopic (exact) mass is 600 g/mol. The van der Waals surface area contributed by atoms with E-state index in [1.54, 1.807) is 6.08 Å². The van der Waals surface area contributed by atoms with E-state index < -0.39 is 14.3 Å². The highest BCUT2D eigenvalue weighted by molar-refractivity contribution is 7.85. The Bertz CT molecular complexity index is 1800. The standard InChI is InChI=1S/C38H34O3P2/c1-3-5-20-31(19-4-2)42(39,32-21-9-6-10-22-32)37-29-17-15-27-35(37)41-36-28-16-18-30-38(36)43(40,33-23-11-7-12-24-33)34-25-13-8-14-26-34/h4-30H,2-3H2,1H3/b20-5-,31-19+. The van der Waals surface area contributed by atoms with Gasteiger partial charge in [-0.1, -0.05) is 153 Å². The maximum Gasteiger partial charge on any atom is 0.174 e. The van der Waals surface area contributed by atoms with Crippen molar-refractivity contribution in [2.24, 2.45) is 0 Å². The summed E-state index contributed by atoms with van der Waals surface area (Å²) in [5.74, 6) is 0.888. The molecule has 0 fully saturated rings. The van der Waals surface area contributed by atoms with Gasteiger partial charge in [-0.3, -0.25) is 0 Å². The molecule has 5 heteroatoms. The van der Waals surface area contributed by atoms with E-state index in [0.717, 1.165) is 6.42 Å². The average Bonchev–Trinajstić information content (AvgIpc) is 3.07. The first kappa shape index (κ1) is 30.1. The van der Waals surface area contributed by atoms with Crippen LogP contribution < -0.4 is 31.3 Å². The SMILES string of the molecule is C=C/C=C(\C=C/CC)P(=O)(c1ccccc1)c1ccccc1Oc1ccccc1P(=O)(c1ccccc1)c1ccccc1. The predicted octanol–water partition coefficient (Wildman–Crippen LogP) is 8.47. The minimum atomic E-state index is -3.42. The van der Waals surface area contributed by atoms with Gasteiger partial charge < -0.3 is 13.9 Å². The molecule has 1 atom stereocenters. The zero-order chi connectivity index (χ0) is 30.1. The quantitative estimate of drug-likeness (QED) is 0.113. The average molecular weight is 601 g/mol. The van der Waals surface area contributed by atoms with Gasteiger partial charge in [0.2, 0.25) is 0 Å². The van der Waals surface area contributed by atoms with Crippen molar-refractivity contribution in [1.82, 2.24) is 0 Å². The summed E-state index contributed by atoms with van der Waals surface area (Å²) in [6.07, 6.45) is 8.19. The highest BCUT2D eigenvalue weighted by Gasteiger charge is 2.36. The number of para-hydroxylation sites is 2. The van der Waals surface area contributed by atoms with E-state index in [1.165, 1.54) is 0 Å². The van der Waals surface area contributed by atoms with Gasteiger partial charge in [0.05, 0.1) is 10.6 Å². The van der Waals surface area contributed by atoms with Crippen LogP contribution in [0.4, 0.5) is 0 Å². The van der Waals surface area contributed by atoms with E-state index in [2.05, 4.69) is 6.58 Å². The lowest BCUT2D eigenvalue weighted by atomic mass is 10.3. The maximum atomic E-state index is 15.4. The Labute approximate surface area is 254 Å². The van der Waals surface area contributed by atoms with Crippen LogP contribution in [0, 0.1) is 0 Å². The molecule has 0 aliphatic carbocycles. The topological polar surface area (TPSA) is 43.4 Å². The van der Waals surface area contributed by atoms with Crippen molar-refractivity contribution in [2.75, 3.05) is 0 Å². The number of rotatable bonds is 11. The molecule has 5 aromatic carbocycles. The van der Waals surface area contributed by atoms with Gasteiger partial charge in [0.25, 0.3) is 0 Å². The van der Waals surface area contributed by atoms with Crippen molar-refractivity contribution < 1.29 is 13.9 Å². The van der Waals surface area contributed by atoms with Gasteiger partial charge in [-0.15, -0.1) is 0 Å². The first-order chi connectivity index (χ1) is 21.0. The van der Waals surface area contributed by atoms with Crippen molar-refractivity contribution >= 4 is 40.8 Å². The Morgan fingerprint density at radius 3 is 1.58 bits per heavy atom. The third-order valence-electron chi connectivity index (χ3n) is 7.16. The van der Waals surface area contributed by atoms with Crippen molar-refractivity contribution in [1.29, 1.82) is 0 Å². The maximum absolute atomic E-state index is 15.4. The molecule has 0 aliphatic heterocycles. The summed E-state index contributed by atoms with van der Waals surface area (Å²) < 4.78 is 37.4. The van der Waals surface area contributed by atoms with Gasteiger partial charge in [0, 0.05) is 21.2 Å². The third kappa shape index (κ3) is 6.06. The molecule has 214 valence electrons. The Morgan fingerprint density at radius 1 is 0.628 bits per heavy atom. The van der Waals surface area contributed by atoms with Gasteiger partial charge in [-0.2, -0.15) is 0 Å². The highest BCUT2D eigenvalue weighted by Crippen LogP contribution is 2.55. The Kier molecular flexibility index (Phi) is 9.58. The van der Waals surface area contributed by atoms with E-state index in [0.29, 0.717) is 43.3 Å². The van der Waals surface area contributed by atoms with Crippen molar-refractivity contribution in [3.63, 3.8) is 0 Å². The molecule has 0 aromatic heterocycles. The summed E-state index contributed by atoms with van der Waals surface area (Å²) in [6, 6.07) is 43.4. The lowest BCUT2D eigenvalue weighted by molar-refractivity contribution is 0.489. The Morgan fingerprint density at radius 2 is 1.07 bits per heavy atom. The van der Waals surface area contributed by atoms with E-state index in [4.69, 9.17) is 4.74 Å². The lowest BCUT2D eigenvalue weighted by Gasteiger charge is -2.25. The van der Waals surface area contributed by atoms with Crippen molar-refractivity contribution in [3.8, 4) is 11.5 Å². The van der Waals surface area contributed by atoms with E-state index in [-0.39, 0.29) is 0 Å². The van der Waals surface area contributed by atoms with Crippen LogP contribution in [-0.2, 0) is 9.13 Å². The molecule has 0 radical (unpaired) electrons. The van der Waals surface area contributed by atoms with Gasteiger partial charge in [0.15, 0.2) is 14.3 Å². The van der Waals surface area contributed by atoms with Crippen LogP contribution in [0.15, 0.2) is 176 Å². The number of hydrogen-bond donors (Lipinski definition) is 0. The molecule has 5 aromatic rings. The predicted molar refractivity (Wildman–Crippen MR) is 183 cm³/mol. The fourth-order valence-corrected chi connectivity index (χ4v) is 10.7. The second-order valence-electron chi connectivity index (χ2n) is 9.90. The number of ether oxygens (including phenoxy) is 1. The highest BCUT2D eigenvalue weighted by atomic mass is 31.2.